The standard InChI is InChI=1S/C34H34O10/c1-3-31(35)41-23-9-7-21-39-27-17-13-25(14-18-27)33(37)43-29-11-5-6-12-30(29)44-34(38)26-15-19-28(20-16-26)40-22-8-10-24-42-32(36)4-2/h3-6,11-20H,1-2,7-10,21-24H2. The van der Waals surface area contributed by atoms with Crippen molar-refractivity contribution in [2.75, 3.05) is 26.4 Å². The zero-order valence-corrected chi connectivity index (χ0v) is 24.2. The van der Waals surface area contributed by atoms with Gasteiger partial charge in [-0.2, -0.15) is 0 Å². The topological polar surface area (TPSA) is 124 Å². The van der Waals surface area contributed by atoms with Gasteiger partial charge >= 0.3 is 23.9 Å². The van der Waals surface area contributed by atoms with Gasteiger partial charge in [0.05, 0.1) is 37.6 Å². The van der Waals surface area contributed by atoms with Gasteiger partial charge in [0, 0.05) is 12.2 Å². The number of carbonyl (C=O) groups excluding carboxylic acids is 4. The molecule has 0 aliphatic rings. The molecule has 0 aliphatic carbocycles. The quantitative estimate of drug-likeness (QED) is 0.0752. The molecule has 0 aliphatic heterocycles. The molecular formula is C34H34O10. The smallest absolute Gasteiger partial charge is 0.343 e. The van der Waals surface area contributed by atoms with E-state index in [1.807, 2.05) is 0 Å². The van der Waals surface area contributed by atoms with E-state index in [0.717, 1.165) is 12.2 Å². The van der Waals surface area contributed by atoms with Gasteiger partial charge in [-0.05, 0) is 86.3 Å². The second-order valence-electron chi connectivity index (χ2n) is 9.13. The van der Waals surface area contributed by atoms with Crippen molar-refractivity contribution < 1.29 is 47.6 Å². The van der Waals surface area contributed by atoms with Crippen LogP contribution in [-0.4, -0.2) is 50.3 Å². The highest BCUT2D eigenvalue weighted by molar-refractivity contribution is 5.93. The number of benzene rings is 3. The van der Waals surface area contributed by atoms with Crippen molar-refractivity contribution in [3.63, 3.8) is 0 Å². The van der Waals surface area contributed by atoms with Gasteiger partial charge < -0.3 is 28.4 Å². The zero-order valence-electron chi connectivity index (χ0n) is 24.2. The van der Waals surface area contributed by atoms with Crippen molar-refractivity contribution >= 4 is 23.9 Å². The summed E-state index contributed by atoms with van der Waals surface area (Å²) in [7, 11) is 0. The van der Waals surface area contributed by atoms with E-state index in [1.54, 1.807) is 60.7 Å². The largest absolute Gasteiger partial charge is 0.494 e. The Kier molecular flexibility index (Phi) is 13.7. The maximum Gasteiger partial charge on any atom is 0.343 e. The Balaban J connectivity index is 1.45. The van der Waals surface area contributed by atoms with Crippen LogP contribution in [0.4, 0.5) is 0 Å². The number of esters is 4. The fourth-order valence-corrected chi connectivity index (χ4v) is 3.56. The van der Waals surface area contributed by atoms with Crippen molar-refractivity contribution in [1.29, 1.82) is 0 Å². The first-order valence-electron chi connectivity index (χ1n) is 14.0. The minimum Gasteiger partial charge on any atom is -0.494 e. The van der Waals surface area contributed by atoms with Gasteiger partial charge in [0.15, 0.2) is 11.5 Å². The first kappa shape index (κ1) is 33.1. The summed E-state index contributed by atoms with van der Waals surface area (Å²) in [5.41, 5.74) is 0.561. The average Bonchev–Trinajstić information content (AvgIpc) is 3.05. The van der Waals surface area contributed by atoms with Gasteiger partial charge in [0.25, 0.3) is 0 Å². The maximum atomic E-state index is 12.8. The van der Waals surface area contributed by atoms with Gasteiger partial charge in [-0.25, -0.2) is 19.2 Å². The average molecular weight is 603 g/mol. The Morgan fingerprint density at radius 1 is 0.523 bits per heavy atom. The highest BCUT2D eigenvalue weighted by Gasteiger charge is 2.16. The lowest BCUT2D eigenvalue weighted by Gasteiger charge is -2.11. The molecule has 0 bridgehead atoms. The number of unbranched alkanes of at least 4 members (excludes halogenated alkanes) is 2. The molecule has 0 fully saturated rings. The van der Waals surface area contributed by atoms with Gasteiger partial charge in [-0.15, -0.1) is 0 Å². The molecule has 3 aromatic carbocycles. The Morgan fingerprint density at radius 2 is 0.886 bits per heavy atom. The first-order valence-corrected chi connectivity index (χ1v) is 14.0. The van der Waals surface area contributed by atoms with Crippen LogP contribution in [0, 0.1) is 0 Å². The second kappa shape index (κ2) is 18.2. The van der Waals surface area contributed by atoms with Crippen molar-refractivity contribution in [3.05, 3.63) is 109 Å². The maximum absolute atomic E-state index is 12.8. The third-order valence-electron chi connectivity index (χ3n) is 5.87. The Hall–Kier alpha value is -5.38. The van der Waals surface area contributed by atoms with Gasteiger partial charge in [-0.3, -0.25) is 0 Å². The molecule has 0 N–H and O–H groups in total. The van der Waals surface area contributed by atoms with Crippen LogP contribution >= 0.6 is 0 Å². The molecule has 10 heteroatoms. The summed E-state index contributed by atoms with van der Waals surface area (Å²) in [6.45, 7) is 8.09. The van der Waals surface area contributed by atoms with Crippen LogP contribution in [0.2, 0.25) is 0 Å². The lowest BCUT2D eigenvalue weighted by Crippen LogP contribution is -2.12. The molecule has 0 heterocycles. The zero-order chi connectivity index (χ0) is 31.6. The fourth-order valence-electron chi connectivity index (χ4n) is 3.56. The summed E-state index contributed by atoms with van der Waals surface area (Å²) >= 11 is 0. The predicted octanol–water partition coefficient (Wildman–Crippen LogP) is 5.90. The van der Waals surface area contributed by atoms with Crippen LogP contribution in [0.5, 0.6) is 23.0 Å². The van der Waals surface area contributed by atoms with Gasteiger partial charge in [-0.1, -0.05) is 25.3 Å². The van der Waals surface area contributed by atoms with E-state index in [1.165, 1.54) is 12.1 Å². The van der Waals surface area contributed by atoms with E-state index in [0.29, 0.717) is 50.4 Å². The molecule has 3 aromatic rings. The molecular weight excluding hydrogens is 568 g/mol. The summed E-state index contributed by atoms with van der Waals surface area (Å²) < 4.78 is 32.2. The normalized spacial score (nSPS) is 10.2. The van der Waals surface area contributed by atoms with Crippen molar-refractivity contribution in [2.45, 2.75) is 25.7 Å². The highest BCUT2D eigenvalue weighted by Crippen LogP contribution is 2.28. The fraction of sp³-hybridized carbons (Fsp3) is 0.235. The summed E-state index contributed by atoms with van der Waals surface area (Å²) in [6.07, 6.45) is 4.89. The minimum atomic E-state index is -0.635. The summed E-state index contributed by atoms with van der Waals surface area (Å²) in [5, 5.41) is 0. The molecule has 0 aromatic heterocycles. The van der Waals surface area contributed by atoms with E-state index >= 15 is 0 Å². The number of para-hydroxylation sites is 2. The Labute approximate surface area is 255 Å². The number of rotatable bonds is 18. The molecule has 0 radical (unpaired) electrons. The molecule has 0 amide bonds. The molecule has 0 spiro atoms. The number of ether oxygens (including phenoxy) is 6. The third-order valence-corrected chi connectivity index (χ3v) is 5.87. The Bertz CT molecular complexity index is 1300. The lowest BCUT2D eigenvalue weighted by atomic mass is 10.2. The molecule has 0 saturated heterocycles. The molecule has 10 nitrogen and oxygen atoms in total. The lowest BCUT2D eigenvalue weighted by molar-refractivity contribution is -0.138. The van der Waals surface area contributed by atoms with E-state index in [2.05, 4.69) is 13.2 Å². The molecule has 0 atom stereocenters. The van der Waals surface area contributed by atoms with Crippen molar-refractivity contribution in [1.82, 2.24) is 0 Å². The van der Waals surface area contributed by atoms with Gasteiger partial charge in [0.1, 0.15) is 11.5 Å². The molecule has 0 saturated carbocycles. The molecule has 3 rings (SSSR count). The second-order valence-corrected chi connectivity index (χ2v) is 9.13. The van der Waals surface area contributed by atoms with Crippen molar-refractivity contribution in [3.8, 4) is 23.0 Å². The van der Waals surface area contributed by atoms with Crippen molar-refractivity contribution in [2.24, 2.45) is 0 Å². The van der Waals surface area contributed by atoms with Crippen LogP contribution in [0.3, 0.4) is 0 Å². The summed E-state index contributed by atoms with van der Waals surface area (Å²) in [6, 6.07) is 19.2. The van der Waals surface area contributed by atoms with E-state index in [4.69, 9.17) is 28.4 Å². The SMILES string of the molecule is C=CC(=O)OCCCCOc1ccc(C(=O)Oc2ccccc2OC(=O)c2ccc(OCCCCOC(=O)C=C)cc2)cc1. The summed E-state index contributed by atoms with van der Waals surface area (Å²) in [5.74, 6) is -0.870. The van der Waals surface area contributed by atoms with E-state index < -0.39 is 23.9 Å². The van der Waals surface area contributed by atoms with Gasteiger partial charge in [0.2, 0.25) is 0 Å². The van der Waals surface area contributed by atoms with Crippen LogP contribution < -0.4 is 18.9 Å². The molecule has 44 heavy (non-hydrogen) atoms. The van der Waals surface area contributed by atoms with Crippen LogP contribution in [0.25, 0.3) is 0 Å². The third kappa shape index (κ3) is 11.5. The van der Waals surface area contributed by atoms with Crippen LogP contribution in [-0.2, 0) is 19.1 Å². The summed E-state index contributed by atoms with van der Waals surface area (Å²) in [4.78, 5) is 47.6. The van der Waals surface area contributed by atoms with Crippen LogP contribution in [0.15, 0.2) is 98.1 Å². The van der Waals surface area contributed by atoms with E-state index in [-0.39, 0.29) is 35.8 Å². The Morgan fingerprint density at radius 3 is 1.25 bits per heavy atom. The number of hydrogen-bond acceptors (Lipinski definition) is 10. The monoisotopic (exact) mass is 602 g/mol. The molecule has 0 unspecified atom stereocenters. The van der Waals surface area contributed by atoms with E-state index in [9.17, 15) is 19.2 Å². The highest BCUT2D eigenvalue weighted by atomic mass is 16.6. The first-order chi connectivity index (χ1) is 21.4. The minimum absolute atomic E-state index is 0.0852. The number of carbonyl (C=O) groups is 4. The van der Waals surface area contributed by atoms with Crippen LogP contribution in [0.1, 0.15) is 46.4 Å². The number of hydrogen-bond donors (Lipinski definition) is 0. The molecule has 230 valence electrons. The predicted molar refractivity (Wildman–Crippen MR) is 161 cm³/mol.